The molecule has 0 atom stereocenters. The van der Waals surface area contributed by atoms with Crippen molar-refractivity contribution in [1.29, 1.82) is 0 Å². The van der Waals surface area contributed by atoms with Crippen LogP contribution in [-0.4, -0.2) is 57.3 Å². The molecule has 0 aliphatic carbocycles. The number of allylic oxidation sites excluding steroid dienone is 1. The standard InChI is InChI=1S/C20H32N4O2S.HI/c1-4-5-9-14-23(3)20(21-2)22-17-18-12-7-8-13-19(18)27(25,26)24-15-10-6-11-16-24;/h4,7-8,12-13H,1,5-6,9-11,14-17H2,2-3H3,(H,21,22);1H. The van der Waals surface area contributed by atoms with Crippen molar-refractivity contribution < 1.29 is 8.42 Å². The van der Waals surface area contributed by atoms with E-state index in [0.29, 0.717) is 24.5 Å². The van der Waals surface area contributed by atoms with Crippen LogP contribution in [0.4, 0.5) is 0 Å². The maximum Gasteiger partial charge on any atom is 0.243 e. The minimum absolute atomic E-state index is 0. The van der Waals surface area contributed by atoms with Crippen molar-refractivity contribution in [2.45, 2.75) is 43.5 Å². The topological polar surface area (TPSA) is 65.0 Å². The first-order chi connectivity index (χ1) is 13.0. The van der Waals surface area contributed by atoms with Crippen LogP contribution in [0.2, 0.25) is 0 Å². The van der Waals surface area contributed by atoms with Crippen molar-refractivity contribution in [2.75, 3.05) is 33.7 Å². The average Bonchev–Trinajstić information content (AvgIpc) is 2.69. The van der Waals surface area contributed by atoms with Gasteiger partial charge in [-0.25, -0.2) is 8.42 Å². The lowest BCUT2D eigenvalue weighted by Gasteiger charge is -2.27. The Balaban J connectivity index is 0.00000392. The Bertz CT molecular complexity index is 746. The second kappa shape index (κ2) is 12.4. The summed E-state index contributed by atoms with van der Waals surface area (Å²) in [5.74, 6) is 0.754. The van der Waals surface area contributed by atoms with E-state index in [1.807, 2.05) is 30.2 Å². The Labute approximate surface area is 187 Å². The lowest BCUT2D eigenvalue weighted by atomic mass is 10.2. The smallest absolute Gasteiger partial charge is 0.243 e. The number of sulfonamides is 1. The zero-order chi connectivity index (χ0) is 19.7. The molecular weight excluding hydrogens is 487 g/mol. The Hall–Kier alpha value is -1.13. The van der Waals surface area contributed by atoms with Gasteiger partial charge in [-0.3, -0.25) is 4.99 Å². The monoisotopic (exact) mass is 520 g/mol. The molecule has 0 bridgehead atoms. The van der Waals surface area contributed by atoms with Crippen LogP contribution < -0.4 is 5.32 Å². The summed E-state index contributed by atoms with van der Waals surface area (Å²) in [6, 6.07) is 7.24. The van der Waals surface area contributed by atoms with E-state index in [1.54, 1.807) is 23.5 Å². The zero-order valence-corrected chi connectivity index (χ0v) is 20.1. The van der Waals surface area contributed by atoms with Crippen molar-refractivity contribution in [3.63, 3.8) is 0 Å². The van der Waals surface area contributed by atoms with Crippen molar-refractivity contribution >= 4 is 40.0 Å². The summed E-state index contributed by atoms with van der Waals surface area (Å²) in [6.07, 6.45) is 6.83. The number of halogens is 1. The van der Waals surface area contributed by atoms with Gasteiger partial charge in [-0.05, 0) is 37.3 Å². The summed E-state index contributed by atoms with van der Waals surface area (Å²) in [5, 5.41) is 3.29. The summed E-state index contributed by atoms with van der Waals surface area (Å²) in [4.78, 5) is 6.75. The Morgan fingerprint density at radius 2 is 1.96 bits per heavy atom. The number of aliphatic imine (C=N–C) groups is 1. The van der Waals surface area contributed by atoms with E-state index in [2.05, 4.69) is 16.9 Å². The highest BCUT2D eigenvalue weighted by atomic mass is 127. The fourth-order valence-electron chi connectivity index (χ4n) is 3.28. The Morgan fingerprint density at radius 3 is 2.61 bits per heavy atom. The van der Waals surface area contributed by atoms with Gasteiger partial charge in [0.2, 0.25) is 10.0 Å². The molecule has 1 aromatic rings. The molecule has 1 fully saturated rings. The van der Waals surface area contributed by atoms with E-state index < -0.39 is 10.0 Å². The average molecular weight is 520 g/mol. The predicted molar refractivity (Wildman–Crippen MR) is 127 cm³/mol. The molecule has 0 spiro atoms. The molecule has 0 aromatic heterocycles. The van der Waals surface area contributed by atoms with E-state index in [9.17, 15) is 8.42 Å². The fourth-order valence-corrected chi connectivity index (χ4v) is 5.02. The summed E-state index contributed by atoms with van der Waals surface area (Å²) in [5.41, 5.74) is 0.767. The van der Waals surface area contributed by atoms with Crippen LogP contribution in [-0.2, 0) is 16.6 Å². The van der Waals surface area contributed by atoms with Gasteiger partial charge >= 0.3 is 0 Å². The summed E-state index contributed by atoms with van der Waals surface area (Å²) in [6.45, 7) is 6.24. The van der Waals surface area contributed by atoms with Crippen molar-refractivity contribution in [1.82, 2.24) is 14.5 Å². The van der Waals surface area contributed by atoms with Gasteiger partial charge in [0.05, 0.1) is 4.90 Å². The van der Waals surface area contributed by atoms with Crippen LogP contribution >= 0.6 is 24.0 Å². The van der Waals surface area contributed by atoms with Crippen molar-refractivity contribution in [2.24, 2.45) is 4.99 Å². The third kappa shape index (κ3) is 6.73. The summed E-state index contributed by atoms with van der Waals surface area (Å²) < 4.78 is 27.8. The molecule has 0 radical (unpaired) electrons. The maximum absolute atomic E-state index is 13.1. The molecule has 1 aliphatic rings. The largest absolute Gasteiger partial charge is 0.352 e. The zero-order valence-electron chi connectivity index (χ0n) is 16.9. The van der Waals surface area contributed by atoms with Crippen molar-refractivity contribution in [3.05, 3.63) is 42.5 Å². The lowest BCUT2D eigenvalue weighted by molar-refractivity contribution is 0.346. The van der Waals surface area contributed by atoms with Crippen LogP contribution in [0.1, 0.15) is 37.7 Å². The number of nitrogens with zero attached hydrogens (tertiary/aromatic N) is 3. The van der Waals surface area contributed by atoms with Crippen molar-refractivity contribution in [3.8, 4) is 0 Å². The minimum Gasteiger partial charge on any atom is -0.352 e. The second-order valence-corrected chi connectivity index (χ2v) is 8.73. The highest BCUT2D eigenvalue weighted by Crippen LogP contribution is 2.23. The SMILES string of the molecule is C=CCCCN(C)C(=NC)NCc1ccccc1S(=O)(=O)N1CCCCC1.I. The molecule has 28 heavy (non-hydrogen) atoms. The molecule has 1 heterocycles. The number of guanidine groups is 1. The number of hydrogen-bond acceptors (Lipinski definition) is 3. The van der Waals surface area contributed by atoms with Gasteiger partial charge in [0.25, 0.3) is 0 Å². The van der Waals surface area contributed by atoms with E-state index in [0.717, 1.165) is 50.2 Å². The number of unbranched alkanes of at least 4 members (excludes halogenated alkanes) is 1. The van der Waals surface area contributed by atoms with E-state index in [1.165, 1.54) is 0 Å². The van der Waals surface area contributed by atoms with Crippen LogP contribution in [0.3, 0.4) is 0 Å². The van der Waals surface area contributed by atoms with Gasteiger partial charge in [0.1, 0.15) is 0 Å². The molecule has 0 amide bonds. The number of benzene rings is 1. The third-order valence-electron chi connectivity index (χ3n) is 4.82. The van der Waals surface area contributed by atoms with E-state index in [4.69, 9.17) is 0 Å². The molecule has 1 aliphatic heterocycles. The highest BCUT2D eigenvalue weighted by molar-refractivity contribution is 14.0. The lowest BCUT2D eigenvalue weighted by Crippen LogP contribution is -2.40. The predicted octanol–water partition coefficient (Wildman–Crippen LogP) is 3.45. The first kappa shape index (κ1) is 24.9. The highest BCUT2D eigenvalue weighted by Gasteiger charge is 2.27. The molecule has 0 saturated carbocycles. The van der Waals surface area contributed by atoms with Gasteiger partial charge in [0, 0.05) is 40.3 Å². The molecule has 1 aromatic carbocycles. The quantitative estimate of drug-likeness (QED) is 0.188. The van der Waals surface area contributed by atoms with E-state index >= 15 is 0 Å². The molecule has 0 unspecified atom stereocenters. The summed E-state index contributed by atoms with van der Waals surface area (Å²) in [7, 11) is 0.263. The fraction of sp³-hybridized carbons (Fsp3) is 0.550. The third-order valence-corrected chi connectivity index (χ3v) is 6.82. The number of piperidine rings is 1. The Kier molecular flexibility index (Phi) is 11.1. The molecule has 1 N–H and O–H groups in total. The molecule has 8 heteroatoms. The molecule has 6 nitrogen and oxygen atoms in total. The van der Waals surface area contributed by atoms with Gasteiger partial charge in [-0.15, -0.1) is 30.6 Å². The minimum atomic E-state index is -3.46. The van der Waals surface area contributed by atoms with Gasteiger partial charge in [-0.1, -0.05) is 30.7 Å². The molecule has 158 valence electrons. The van der Waals surface area contributed by atoms with Crippen LogP contribution in [0.25, 0.3) is 0 Å². The first-order valence-electron chi connectivity index (χ1n) is 9.61. The molecular formula is C20H33IN4O2S. The second-order valence-electron chi connectivity index (χ2n) is 6.83. The number of nitrogens with one attached hydrogen (secondary N) is 1. The first-order valence-corrected chi connectivity index (χ1v) is 11.1. The molecule has 1 saturated heterocycles. The normalized spacial score (nSPS) is 15.6. The Morgan fingerprint density at radius 1 is 1.29 bits per heavy atom. The van der Waals surface area contributed by atoms with Crippen LogP contribution in [0.15, 0.2) is 46.8 Å². The number of hydrogen-bond donors (Lipinski definition) is 1. The maximum atomic E-state index is 13.1. The van der Waals surface area contributed by atoms with Crippen LogP contribution in [0.5, 0.6) is 0 Å². The van der Waals surface area contributed by atoms with Gasteiger partial charge < -0.3 is 10.2 Å². The summed E-state index contributed by atoms with van der Waals surface area (Å²) >= 11 is 0. The van der Waals surface area contributed by atoms with Crippen LogP contribution in [0, 0.1) is 0 Å². The van der Waals surface area contributed by atoms with Gasteiger partial charge in [-0.2, -0.15) is 4.31 Å². The molecule has 2 rings (SSSR count). The van der Waals surface area contributed by atoms with Gasteiger partial charge in [0.15, 0.2) is 5.96 Å². The van der Waals surface area contributed by atoms with E-state index in [-0.39, 0.29) is 24.0 Å². The number of rotatable bonds is 8.